The van der Waals surface area contributed by atoms with Crippen molar-refractivity contribution >= 4 is 11.9 Å². The van der Waals surface area contributed by atoms with Crippen molar-refractivity contribution in [3.63, 3.8) is 0 Å². The second-order valence-corrected chi connectivity index (χ2v) is 4.40. The molecule has 0 aliphatic rings. The number of aromatic nitrogens is 2. The van der Waals surface area contributed by atoms with E-state index in [9.17, 15) is 9.59 Å². The topological polar surface area (TPSA) is 144 Å². The Morgan fingerprint density at radius 2 is 2.11 bits per heavy atom. The van der Waals surface area contributed by atoms with E-state index in [2.05, 4.69) is 9.97 Å². The van der Waals surface area contributed by atoms with Gasteiger partial charge in [0.1, 0.15) is 12.1 Å². The summed E-state index contributed by atoms with van der Waals surface area (Å²) >= 11 is 0. The molecule has 0 bridgehead atoms. The van der Waals surface area contributed by atoms with E-state index >= 15 is 0 Å². The highest BCUT2D eigenvalue weighted by Crippen LogP contribution is 2.05. The molecule has 6 N–H and O–H groups in total. The molecular formula is C11H18N4O4. The molecule has 19 heavy (non-hydrogen) atoms. The van der Waals surface area contributed by atoms with Crippen LogP contribution < -0.4 is 11.5 Å². The van der Waals surface area contributed by atoms with Crippen molar-refractivity contribution in [3.05, 3.63) is 17.7 Å². The lowest BCUT2D eigenvalue weighted by Crippen LogP contribution is -2.42. The average molecular weight is 270 g/mol. The van der Waals surface area contributed by atoms with Gasteiger partial charge in [0.15, 0.2) is 0 Å². The molecule has 0 spiro atoms. The Balaban J connectivity index is 2.63. The quantitative estimate of drug-likeness (QED) is 0.498. The van der Waals surface area contributed by atoms with E-state index in [1.807, 2.05) is 6.92 Å². The van der Waals surface area contributed by atoms with Crippen LogP contribution in [0.1, 0.15) is 30.2 Å². The van der Waals surface area contributed by atoms with Gasteiger partial charge in [0.05, 0.1) is 5.69 Å². The Kier molecular flexibility index (Phi) is 5.02. The maximum Gasteiger partial charge on any atom is 0.374 e. The zero-order valence-electron chi connectivity index (χ0n) is 10.8. The number of nitrogens with one attached hydrogen (secondary N) is 1. The summed E-state index contributed by atoms with van der Waals surface area (Å²) in [4.78, 5) is 29.0. The van der Waals surface area contributed by atoms with Crippen molar-refractivity contribution in [1.29, 1.82) is 0 Å². The molecule has 8 heteroatoms. The van der Waals surface area contributed by atoms with Gasteiger partial charge >= 0.3 is 11.9 Å². The highest BCUT2D eigenvalue weighted by Gasteiger charge is 2.25. The molecule has 106 valence electrons. The monoisotopic (exact) mass is 270 g/mol. The van der Waals surface area contributed by atoms with E-state index < -0.39 is 24.1 Å². The molecule has 8 nitrogen and oxygen atoms in total. The largest absolute Gasteiger partial charge is 0.480 e. The molecule has 1 rings (SSSR count). The van der Waals surface area contributed by atoms with Crippen molar-refractivity contribution in [2.75, 3.05) is 0 Å². The van der Waals surface area contributed by atoms with E-state index in [-0.39, 0.29) is 11.9 Å². The molecule has 1 aromatic heterocycles. The summed E-state index contributed by atoms with van der Waals surface area (Å²) in [6.45, 7) is 3.23. The van der Waals surface area contributed by atoms with Crippen LogP contribution in [0.5, 0.6) is 0 Å². The number of carboxylic acid groups (broad SMARTS) is 1. The van der Waals surface area contributed by atoms with E-state index in [0.29, 0.717) is 12.1 Å². The van der Waals surface area contributed by atoms with Crippen molar-refractivity contribution in [3.8, 4) is 0 Å². The van der Waals surface area contributed by atoms with E-state index in [0.717, 1.165) is 0 Å². The van der Waals surface area contributed by atoms with Crippen LogP contribution in [0.2, 0.25) is 0 Å². The zero-order chi connectivity index (χ0) is 14.6. The van der Waals surface area contributed by atoms with Gasteiger partial charge in [0.25, 0.3) is 0 Å². The van der Waals surface area contributed by atoms with Crippen LogP contribution in [-0.4, -0.2) is 45.2 Å². The molecule has 1 aromatic rings. The third kappa shape index (κ3) is 4.34. The summed E-state index contributed by atoms with van der Waals surface area (Å²) in [6, 6.07) is -1.35. The minimum atomic E-state index is -1.28. The number of ether oxygens (including phenoxy) is 1. The number of nitrogens with zero attached hydrogens (tertiary/aromatic N) is 1. The Morgan fingerprint density at radius 1 is 1.47 bits per heavy atom. The summed E-state index contributed by atoms with van der Waals surface area (Å²) in [5.41, 5.74) is 11.6. The van der Waals surface area contributed by atoms with Gasteiger partial charge in [-0.2, -0.15) is 0 Å². The van der Waals surface area contributed by atoms with Crippen LogP contribution in [0.4, 0.5) is 0 Å². The van der Waals surface area contributed by atoms with Crippen molar-refractivity contribution in [1.82, 2.24) is 9.97 Å². The molecular weight excluding hydrogens is 252 g/mol. The van der Waals surface area contributed by atoms with Crippen LogP contribution in [0.3, 0.4) is 0 Å². The van der Waals surface area contributed by atoms with Crippen LogP contribution in [0.25, 0.3) is 0 Å². The number of esters is 1. The number of aliphatic carboxylic acids is 1. The highest BCUT2D eigenvalue weighted by atomic mass is 16.5. The summed E-state index contributed by atoms with van der Waals surface area (Å²) in [6.07, 6.45) is 1.13. The van der Waals surface area contributed by atoms with Crippen molar-refractivity contribution in [2.45, 2.75) is 38.5 Å². The lowest BCUT2D eigenvalue weighted by Gasteiger charge is -2.15. The average Bonchev–Trinajstić information content (AvgIpc) is 2.75. The molecule has 0 radical (unpaired) electrons. The molecule has 0 aliphatic carbocycles. The standard InChI is InChI=1S/C11H18N4O4/c1-5(12)3-7-4-14-9(15-7)11(18)19-6(2)8(13)10(16)17/h4-6,8H,3,12-13H2,1-2H3,(H,14,15)(H,16,17)/t5-,6-,8+/m1/s1. The Hall–Kier alpha value is -1.93. The summed E-state index contributed by atoms with van der Waals surface area (Å²) in [5.74, 6) is -1.99. The number of hydrogen-bond donors (Lipinski definition) is 4. The number of imidazole rings is 1. The minimum absolute atomic E-state index is 0.0000822. The molecule has 3 atom stereocenters. The molecule has 0 fully saturated rings. The minimum Gasteiger partial charge on any atom is -0.480 e. The SMILES string of the molecule is C[C@@H](N)Cc1c[nH]c(C(=O)O[C@H](C)[C@H](N)C(=O)O)n1. The molecule has 1 heterocycles. The van der Waals surface area contributed by atoms with Gasteiger partial charge in [-0.25, -0.2) is 9.78 Å². The van der Waals surface area contributed by atoms with Gasteiger partial charge in [-0.05, 0) is 13.8 Å². The number of H-pyrrole nitrogens is 1. The van der Waals surface area contributed by atoms with Crippen molar-refractivity contribution in [2.24, 2.45) is 11.5 Å². The highest BCUT2D eigenvalue weighted by molar-refractivity contribution is 5.86. The van der Waals surface area contributed by atoms with Crippen LogP contribution in [0.15, 0.2) is 6.20 Å². The predicted molar refractivity (Wildman–Crippen MR) is 66.4 cm³/mol. The fraction of sp³-hybridized carbons (Fsp3) is 0.545. The third-order valence-corrected chi connectivity index (χ3v) is 2.44. The summed E-state index contributed by atoms with van der Waals surface area (Å²) in [5, 5.41) is 8.69. The van der Waals surface area contributed by atoms with E-state index in [4.69, 9.17) is 21.3 Å². The first-order valence-electron chi connectivity index (χ1n) is 5.80. The number of carboxylic acids is 1. The number of aromatic amines is 1. The third-order valence-electron chi connectivity index (χ3n) is 2.44. The smallest absolute Gasteiger partial charge is 0.374 e. The van der Waals surface area contributed by atoms with E-state index in [1.165, 1.54) is 6.92 Å². The van der Waals surface area contributed by atoms with Crippen LogP contribution in [0, 0.1) is 0 Å². The fourth-order valence-corrected chi connectivity index (χ4v) is 1.40. The zero-order valence-corrected chi connectivity index (χ0v) is 10.8. The fourth-order valence-electron chi connectivity index (χ4n) is 1.40. The molecule has 0 aliphatic heterocycles. The van der Waals surface area contributed by atoms with Gasteiger partial charge < -0.3 is 26.3 Å². The maximum atomic E-state index is 11.7. The molecule has 0 saturated heterocycles. The summed E-state index contributed by atoms with van der Waals surface area (Å²) in [7, 11) is 0. The lowest BCUT2D eigenvalue weighted by molar-refractivity contribution is -0.141. The second kappa shape index (κ2) is 6.30. The Bertz CT molecular complexity index is 457. The maximum absolute atomic E-state index is 11.7. The van der Waals surface area contributed by atoms with Gasteiger partial charge in [-0.15, -0.1) is 0 Å². The first-order valence-corrected chi connectivity index (χ1v) is 5.80. The normalized spacial score (nSPS) is 15.6. The van der Waals surface area contributed by atoms with Gasteiger partial charge in [-0.1, -0.05) is 0 Å². The number of nitrogens with two attached hydrogens (primary N) is 2. The molecule has 0 amide bonds. The second-order valence-electron chi connectivity index (χ2n) is 4.40. The Labute approximate surface area is 110 Å². The molecule has 0 saturated carbocycles. The first kappa shape index (κ1) is 15.1. The Morgan fingerprint density at radius 3 is 2.63 bits per heavy atom. The number of carbonyl (C=O) groups is 2. The van der Waals surface area contributed by atoms with Gasteiger partial charge in [-0.3, -0.25) is 4.79 Å². The number of hydrogen-bond acceptors (Lipinski definition) is 6. The molecule has 0 aromatic carbocycles. The van der Waals surface area contributed by atoms with E-state index in [1.54, 1.807) is 6.20 Å². The number of carbonyl (C=O) groups excluding carboxylic acids is 1. The predicted octanol–water partition coefficient (Wildman–Crippen LogP) is -0.743. The number of rotatable bonds is 6. The van der Waals surface area contributed by atoms with Gasteiger partial charge in [0.2, 0.25) is 5.82 Å². The van der Waals surface area contributed by atoms with Gasteiger partial charge in [0, 0.05) is 18.7 Å². The first-order chi connectivity index (χ1) is 8.81. The van der Waals surface area contributed by atoms with Crippen LogP contribution in [-0.2, 0) is 16.0 Å². The lowest BCUT2D eigenvalue weighted by atomic mass is 10.2. The van der Waals surface area contributed by atoms with Crippen LogP contribution >= 0.6 is 0 Å². The molecule has 0 unspecified atom stereocenters. The van der Waals surface area contributed by atoms with Crippen molar-refractivity contribution < 1.29 is 19.4 Å². The summed E-state index contributed by atoms with van der Waals surface area (Å²) < 4.78 is 4.91.